The number of ether oxygens (including phenoxy) is 1. The third-order valence-corrected chi connectivity index (χ3v) is 4.86. The van der Waals surface area contributed by atoms with E-state index in [4.69, 9.17) is 4.74 Å². The molecular formula is C18H17BrN2O2. The first kappa shape index (κ1) is 15.9. The maximum atomic E-state index is 12.3. The topological polar surface area (TPSA) is 50.7 Å². The van der Waals surface area contributed by atoms with E-state index in [0.29, 0.717) is 6.42 Å². The van der Waals surface area contributed by atoms with Gasteiger partial charge >= 0.3 is 0 Å². The first-order valence-corrected chi connectivity index (χ1v) is 8.15. The van der Waals surface area contributed by atoms with E-state index in [-0.39, 0.29) is 11.8 Å². The van der Waals surface area contributed by atoms with E-state index in [1.165, 1.54) is 0 Å². The number of halogens is 1. The minimum absolute atomic E-state index is 0.126. The van der Waals surface area contributed by atoms with Crippen LogP contribution >= 0.6 is 15.9 Å². The van der Waals surface area contributed by atoms with Crippen molar-refractivity contribution >= 4 is 28.1 Å². The van der Waals surface area contributed by atoms with Crippen LogP contribution < -0.4 is 5.43 Å². The van der Waals surface area contributed by atoms with E-state index in [1.807, 2.05) is 54.6 Å². The van der Waals surface area contributed by atoms with Crippen molar-refractivity contribution < 1.29 is 9.53 Å². The SMILES string of the molecule is COC1(c2ccccc2)CC1C(=O)N/N=C/c1ccccc1Br. The Hall–Kier alpha value is -1.98. The number of benzene rings is 2. The Morgan fingerprint density at radius 1 is 1.26 bits per heavy atom. The number of carbonyl (C=O) groups is 1. The van der Waals surface area contributed by atoms with Crippen molar-refractivity contribution in [2.24, 2.45) is 11.0 Å². The summed E-state index contributed by atoms with van der Waals surface area (Å²) in [6, 6.07) is 17.5. The molecule has 1 aliphatic rings. The van der Waals surface area contributed by atoms with E-state index in [2.05, 4.69) is 26.5 Å². The fraction of sp³-hybridized carbons (Fsp3) is 0.222. The molecule has 0 aromatic heterocycles. The molecule has 1 N–H and O–H groups in total. The Kier molecular flexibility index (Phi) is 4.59. The fourth-order valence-electron chi connectivity index (χ4n) is 2.75. The number of rotatable bonds is 5. The lowest BCUT2D eigenvalue weighted by Gasteiger charge is -2.15. The van der Waals surface area contributed by atoms with Crippen LogP contribution in [0.4, 0.5) is 0 Å². The Bertz CT molecular complexity index is 733. The Morgan fingerprint density at radius 2 is 1.96 bits per heavy atom. The highest BCUT2D eigenvalue weighted by Gasteiger charge is 2.60. The van der Waals surface area contributed by atoms with Gasteiger partial charge < -0.3 is 4.74 Å². The summed E-state index contributed by atoms with van der Waals surface area (Å²) in [7, 11) is 1.64. The summed E-state index contributed by atoms with van der Waals surface area (Å²) >= 11 is 3.44. The van der Waals surface area contributed by atoms with Gasteiger partial charge in [0.15, 0.2) is 0 Å². The highest BCUT2D eigenvalue weighted by molar-refractivity contribution is 9.10. The van der Waals surface area contributed by atoms with E-state index in [0.717, 1.165) is 15.6 Å². The molecule has 118 valence electrons. The van der Waals surface area contributed by atoms with Gasteiger partial charge in [-0.05, 0) is 18.1 Å². The molecule has 1 amide bonds. The number of hydrogen-bond acceptors (Lipinski definition) is 3. The number of amides is 1. The number of hydrazone groups is 1. The van der Waals surface area contributed by atoms with Gasteiger partial charge in [-0.3, -0.25) is 4.79 Å². The fourth-order valence-corrected chi connectivity index (χ4v) is 3.14. The lowest BCUT2D eigenvalue weighted by atomic mass is 10.1. The van der Waals surface area contributed by atoms with Crippen LogP contribution in [0.25, 0.3) is 0 Å². The molecule has 2 aromatic carbocycles. The van der Waals surface area contributed by atoms with Gasteiger partial charge in [0.1, 0.15) is 5.60 Å². The van der Waals surface area contributed by atoms with Gasteiger partial charge in [-0.2, -0.15) is 5.10 Å². The van der Waals surface area contributed by atoms with E-state index < -0.39 is 5.60 Å². The van der Waals surface area contributed by atoms with Crippen LogP contribution in [-0.4, -0.2) is 19.2 Å². The van der Waals surface area contributed by atoms with Gasteiger partial charge in [-0.15, -0.1) is 0 Å². The van der Waals surface area contributed by atoms with Crippen molar-refractivity contribution in [2.45, 2.75) is 12.0 Å². The average Bonchev–Trinajstić information content (AvgIpc) is 3.34. The molecule has 2 unspecified atom stereocenters. The zero-order chi connectivity index (χ0) is 16.3. The van der Waals surface area contributed by atoms with E-state index >= 15 is 0 Å². The van der Waals surface area contributed by atoms with Gasteiger partial charge in [0.25, 0.3) is 0 Å². The average molecular weight is 373 g/mol. The predicted molar refractivity (Wildman–Crippen MR) is 93.1 cm³/mol. The first-order chi connectivity index (χ1) is 11.2. The zero-order valence-corrected chi connectivity index (χ0v) is 14.3. The van der Waals surface area contributed by atoms with Gasteiger partial charge in [0.2, 0.25) is 5.91 Å². The Balaban J connectivity index is 1.65. The molecule has 0 heterocycles. The number of methoxy groups -OCH3 is 1. The third-order valence-electron chi connectivity index (χ3n) is 4.14. The van der Waals surface area contributed by atoms with Gasteiger partial charge in [-0.1, -0.05) is 64.5 Å². The lowest BCUT2D eigenvalue weighted by Crippen LogP contribution is -2.25. The number of hydrogen-bond donors (Lipinski definition) is 1. The minimum Gasteiger partial charge on any atom is -0.373 e. The van der Waals surface area contributed by atoms with E-state index in [1.54, 1.807) is 13.3 Å². The number of nitrogens with zero attached hydrogens (tertiary/aromatic N) is 1. The van der Waals surface area contributed by atoms with Crippen LogP contribution in [0.5, 0.6) is 0 Å². The summed E-state index contributed by atoms with van der Waals surface area (Å²) in [5.74, 6) is -0.342. The van der Waals surface area contributed by atoms with Crippen molar-refractivity contribution in [1.82, 2.24) is 5.43 Å². The lowest BCUT2D eigenvalue weighted by molar-refractivity contribution is -0.124. The number of nitrogens with one attached hydrogen (secondary N) is 1. The molecule has 0 aliphatic heterocycles. The largest absolute Gasteiger partial charge is 0.373 e. The maximum Gasteiger partial charge on any atom is 0.246 e. The normalized spacial score (nSPS) is 23.0. The van der Waals surface area contributed by atoms with E-state index in [9.17, 15) is 4.79 Å². The quantitative estimate of drug-likeness (QED) is 0.645. The van der Waals surface area contributed by atoms with Crippen molar-refractivity contribution in [3.8, 4) is 0 Å². The Labute approximate surface area is 143 Å². The van der Waals surface area contributed by atoms with Gasteiger partial charge in [-0.25, -0.2) is 5.43 Å². The molecule has 2 atom stereocenters. The van der Waals surface area contributed by atoms with Crippen molar-refractivity contribution in [3.05, 3.63) is 70.2 Å². The molecule has 4 nitrogen and oxygen atoms in total. The van der Waals surface area contributed by atoms with Crippen LogP contribution in [0.15, 0.2) is 64.2 Å². The summed E-state index contributed by atoms with van der Waals surface area (Å²) in [6.07, 6.45) is 2.30. The van der Waals surface area contributed by atoms with Crippen LogP contribution in [-0.2, 0) is 15.1 Å². The Morgan fingerprint density at radius 3 is 2.65 bits per heavy atom. The molecule has 1 saturated carbocycles. The molecule has 0 radical (unpaired) electrons. The minimum atomic E-state index is -0.520. The first-order valence-electron chi connectivity index (χ1n) is 7.35. The second-order valence-corrected chi connectivity index (χ2v) is 6.33. The van der Waals surface area contributed by atoms with Crippen molar-refractivity contribution in [3.63, 3.8) is 0 Å². The molecule has 0 saturated heterocycles. The smallest absolute Gasteiger partial charge is 0.246 e. The molecule has 1 aliphatic carbocycles. The molecule has 5 heteroatoms. The highest BCUT2D eigenvalue weighted by Crippen LogP contribution is 2.54. The molecule has 3 rings (SSSR count). The van der Waals surface area contributed by atoms with Crippen molar-refractivity contribution in [2.75, 3.05) is 7.11 Å². The van der Waals surface area contributed by atoms with Crippen molar-refractivity contribution in [1.29, 1.82) is 0 Å². The molecule has 23 heavy (non-hydrogen) atoms. The summed E-state index contributed by atoms with van der Waals surface area (Å²) in [4.78, 5) is 12.3. The third kappa shape index (κ3) is 3.21. The second kappa shape index (κ2) is 6.64. The molecule has 0 spiro atoms. The van der Waals surface area contributed by atoms with Crippen LogP contribution in [0.2, 0.25) is 0 Å². The molecule has 1 fully saturated rings. The summed E-state index contributed by atoms with van der Waals surface area (Å²) in [5.41, 5.74) is 4.02. The van der Waals surface area contributed by atoms with Crippen LogP contribution in [0.3, 0.4) is 0 Å². The standard InChI is InChI=1S/C18H17BrN2O2/c1-23-18(14-8-3-2-4-9-14)11-15(18)17(22)21-20-12-13-7-5-6-10-16(13)19/h2-10,12,15H,11H2,1H3,(H,21,22)/b20-12+. The van der Waals surface area contributed by atoms with Gasteiger partial charge in [0.05, 0.1) is 12.1 Å². The molecule has 2 aromatic rings. The summed E-state index contributed by atoms with van der Waals surface area (Å²) in [6.45, 7) is 0. The van der Waals surface area contributed by atoms with Crippen LogP contribution in [0.1, 0.15) is 17.5 Å². The zero-order valence-electron chi connectivity index (χ0n) is 12.7. The van der Waals surface area contributed by atoms with Gasteiger partial charge in [0, 0.05) is 17.1 Å². The van der Waals surface area contributed by atoms with Crippen LogP contribution in [0, 0.1) is 5.92 Å². The second-order valence-electron chi connectivity index (χ2n) is 5.47. The molecular weight excluding hydrogens is 356 g/mol. The highest BCUT2D eigenvalue weighted by atomic mass is 79.9. The summed E-state index contributed by atoms with van der Waals surface area (Å²) < 4.78 is 6.56. The predicted octanol–water partition coefficient (Wildman–Crippen LogP) is 3.46. The molecule has 0 bridgehead atoms. The number of carbonyl (C=O) groups excluding carboxylic acids is 1. The maximum absolute atomic E-state index is 12.3. The monoisotopic (exact) mass is 372 g/mol. The summed E-state index contributed by atoms with van der Waals surface area (Å²) in [5, 5.41) is 4.05.